The maximum absolute atomic E-state index is 10.8. The van der Waals surface area contributed by atoms with Crippen LogP contribution in [0, 0.1) is 5.92 Å². The Morgan fingerprint density at radius 3 is 2.61 bits per heavy atom. The van der Waals surface area contributed by atoms with Crippen LogP contribution in [0.5, 0.6) is 0 Å². The van der Waals surface area contributed by atoms with E-state index in [1.54, 1.807) is 6.07 Å². The van der Waals surface area contributed by atoms with E-state index in [-0.39, 0.29) is 11.8 Å². The molecule has 1 aliphatic carbocycles. The first kappa shape index (κ1) is 13.1. The van der Waals surface area contributed by atoms with E-state index >= 15 is 0 Å². The van der Waals surface area contributed by atoms with Crippen molar-refractivity contribution in [3.63, 3.8) is 0 Å². The van der Waals surface area contributed by atoms with Gasteiger partial charge in [-0.1, -0.05) is 12.8 Å². The van der Waals surface area contributed by atoms with Gasteiger partial charge in [-0.2, -0.15) is 0 Å². The van der Waals surface area contributed by atoms with Crippen LogP contribution in [-0.4, -0.2) is 17.1 Å². The van der Waals surface area contributed by atoms with E-state index in [0.29, 0.717) is 11.8 Å². The number of carbonyl (C=O) groups is 1. The lowest BCUT2D eigenvalue weighted by molar-refractivity contribution is 0.0659. The third-order valence-electron chi connectivity index (χ3n) is 3.88. The molecule has 1 aromatic rings. The molecule has 0 spiro atoms. The van der Waals surface area contributed by atoms with Gasteiger partial charge in [0.25, 0.3) is 0 Å². The van der Waals surface area contributed by atoms with Gasteiger partial charge in [0.2, 0.25) is 5.76 Å². The van der Waals surface area contributed by atoms with Gasteiger partial charge in [-0.15, -0.1) is 0 Å². The van der Waals surface area contributed by atoms with Crippen molar-refractivity contribution < 1.29 is 14.3 Å². The summed E-state index contributed by atoms with van der Waals surface area (Å²) in [5.41, 5.74) is 0. The number of carboxylic acids is 1. The molecule has 1 saturated carbocycles. The molecule has 2 atom stereocenters. The minimum atomic E-state index is -1.02. The smallest absolute Gasteiger partial charge is 0.371 e. The van der Waals surface area contributed by atoms with Gasteiger partial charge in [0.15, 0.2) is 0 Å². The summed E-state index contributed by atoms with van der Waals surface area (Å²) in [5, 5.41) is 12.3. The third kappa shape index (κ3) is 2.93. The average Bonchev–Trinajstić information content (AvgIpc) is 3.00. The van der Waals surface area contributed by atoms with Crippen LogP contribution in [0.25, 0.3) is 0 Å². The minimum absolute atomic E-state index is 0.00664. The van der Waals surface area contributed by atoms with E-state index in [9.17, 15) is 4.79 Å². The van der Waals surface area contributed by atoms with Crippen molar-refractivity contribution >= 4 is 5.97 Å². The normalized spacial score (nSPS) is 19.9. The van der Waals surface area contributed by atoms with Crippen molar-refractivity contribution in [1.82, 2.24) is 5.32 Å². The fourth-order valence-electron chi connectivity index (χ4n) is 2.77. The molecule has 0 aliphatic heterocycles. The molecule has 2 rings (SSSR count). The number of furan rings is 1. The van der Waals surface area contributed by atoms with Crippen LogP contribution in [0.15, 0.2) is 16.5 Å². The fraction of sp³-hybridized carbons (Fsp3) is 0.643. The molecule has 0 aromatic carbocycles. The third-order valence-corrected chi connectivity index (χ3v) is 3.88. The fourth-order valence-corrected chi connectivity index (χ4v) is 2.77. The second kappa shape index (κ2) is 5.57. The summed E-state index contributed by atoms with van der Waals surface area (Å²) in [6.45, 7) is 4.21. The molecular weight excluding hydrogens is 230 g/mol. The molecule has 1 fully saturated rings. The van der Waals surface area contributed by atoms with E-state index in [0.717, 1.165) is 5.92 Å². The van der Waals surface area contributed by atoms with E-state index in [4.69, 9.17) is 9.52 Å². The SMILES string of the molecule is CC(NC(C)C1CCCC1)c1ccc(C(=O)O)o1. The van der Waals surface area contributed by atoms with Gasteiger partial charge in [0.1, 0.15) is 5.76 Å². The largest absolute Gasteiger partial charge is 0.475 e. The molecular formula is C14H21NO3. The Bertz CT molecular complexity index is 407. The van der Waals surface area contributed by atoms with Crippen LogP contribution in [0.1, 0.15) is 61.9 Å². The number of carboxylic acid groups (broad SMARTS) is 1. The van der Waals surface area contributed by atoms with Gasteiger partial charge in [-0.25, -0.2) is 4.79 Å². The van der Waals surface area contributed by atoms with Crippen LogP contribution in [-0.2, 0) is 0 Å². The lowest BCUT2D eigenvalue weighted by Gasteiger charge is -2.23. The van der Waals surface area contributed by atoms with E-state index < -0.39 is 5.97 Å². The van der Waals surface area contributed by atoms with Crippen molar-refractivity contribution in [1.29, 1.82) is 0 Å². The Kier molecular flexibility index (Phi) is 4.07. The highest BCUT2D eigenvalue weighted by molar-refractivity contribution is 5.84. The molecule has 1 heterocycles. The first-order valence-corrected chi connectivity index (χ1v) is 6.67. The van der Waals surface area contributed by atoms with Gasteiger partial charge in [-0.3, -0.25) is 0 Å². The molecule has 2 N–H and O–H groups in total. The van der Waals surface area contributed by atoms with Gasteiger partial charge in [0.05, 0.1) is 6.04 Å². The summed E-state index contributed by atoms with van der Waals surface area (Å²) in [4.78, 5) is 10.8. The molecule has 4 nitrogen and oxygen atoms in total. The molecule has 100 valence electrons. The van der Waals surface area contributed by atoms with E-state index in [2.05, 4.69) is 12.2 Å². The minimum Gasteiger partial charge on any atom is -0.475 e. The Balaban J connectivity index is 1.93. The molecule has 4 heteroatoms. The van der Waals surface area contributed by atoms with Crippen LogP contribution >= 0.6 is 0 Å². The molecule has 0 saturated heterocycles. The predicted molar refractivity (Wildman–Crippen MR) is 68.6 cm³/mol. The Hall–Kier alpha value is -1.29. The molecule has 0 amide bonds. The monoisotopic (exact) mass is 251 g/mol. The van der Waals surface area contributed by atoms with Crippen molar-refractivity contribution in [2.45, 2.75) is 51.6 Å². The lowest BCUT2D eigenvalue weighted by Crippen LogP contribution is -2.34. The first-order valence-electron chi connectivity index (χ1n) is 6.67. The highest BCUT2D eigenvalue weighted by atomic mass is 16.4. The molecule has 1 aliphatic rings. The second-order valence-electron chi connectivity index (χ2n) is 5.23. The number of hydrogen-bond acceptors (Lipinski definition) is 3. The zero-order valence-electron chi connectivity index (χ0n) is 11.0. The number of nitrogens with one attached hydrogen (secondary N) is 1. The highest BCUT2D eigenvalue weighted by Gasteiger charge is 2.24. The topological polar surface area (TPSA) is 62.5 Å². The van der Waals surface area contributed by atoms with Crippen molar-refractivity contribution in [2.75, 3.05) is 0 Å². The maximum Gasteiger partial charge on any atom is 0.371 e. The van der Waals surface area contributed by atoms with Crippen molar-refractivity contribution in [2.24, 2.45) is 5.92 Å². The van der Waals surface area contributed by atoms with Crippen molar-refractivity contribution in [3.05, 3.63) is 23.7 Å². The molecule has 0 radical (unpaired) electrons. The lowest BCUT2D eigenvalue weighted by atomic mass is 9.99. The number of hydrogen-bond donors (Lipinski definition) is 2. The second-order valence-corrected chi connectivity index (χ2v) is 5.23. The van der Waals surface area contributed by atoms with Crippen LogP contribution in [0.4, 0.5) is 0 Å². The Labute approximate surface area is 107 Å². The number of rotatable bonds is 5. The van der Waals surface area contributed by atoms with E-state index in [1.807, 2.05) is 6.92 Å². The molecule has 1 aromatic heterocycles. The standard InChI is InChI=1S/C14H21NO3/c1-9(11-5-3-4-6-11)15-10(2)12-7-8-13(18-12)14(16)17/h7-11,15H,3-6H2,1-2H3,(H,16,17). The predicted octanol–water partition coefficient (Wildman–Crippen LogP) is 3.21. The first-order chi connectivity index (χ1) is 8.58. The summed E-state index contributed by atoms with van der Waals surface area (Å²) in [6.07, 6.45) is 5.24. The molecule has 2 unspecified atom stereocenters. The zero-order chi connectivity index (χ0) is 13.1. The van der Waals surface area contributed by atoms with Crippen molar-refractivity contribution in [3.8, 4) is 0 Å². The van der Waals surface area contributed by atoms with Crippen LogP contribution in [0.3, 0.4) is 0 Å². The van der Waals surface area contributed by atoms with E-state index in [1.165, 1.54) is 31.7 Å². The van der Waals surface area contributed by atoms with Gasteiger partial charge in [-0.05, 0) is 44.7 Å². The summed E-state index contributed by atoms with van der Waals surface area (Å²) in [5.74, 6) is 0.420. The highest BCUT2D eigenvalue weighted by Crippen LogP contribution is 2.29. The summed E-state index contributed by atoms with van der Waals surface area (Å²) in [7, 11) is 0. The summed E-state index contributed by atoms with van der Waals surface area (Å²) in [6, 6.07) is 3.74. The average molecular weight is 251 g/mol. The van der Waals surface area contributed by atoms with Crippen LogP contribution < -0.4 is 5.32 Å². The molecule has 0 bridgehead atoms. The summed E-state index contributed by atoms with van der Waals surface area (Å²) < 4.78 is 5.31. The maximum atomic E-state index is 10.8. The quantitative estimate of drug-likeness (QED) is 0.843. The Morgan fingerprint density at radius 2 is 2.06 bits per heavy atom. The molecule has 18 heavy (non-hydrogen) atoms. The Morgan fingerprint density at radius 1 is 1.39 bits per heavy atom. The van der Waals surface area contributed by atoms with Crippen LogP contribution in [0.2, 0.25) is 0 Å². The van der Waals surface area contributed by atoms with Gasteiger partial charge in [0, 0.05) is 6.04 Å². The van der Waals surface area contributed by atoms with Gasteiger partial charge >= 0.3 is 5.97 Å². The number of aromatic carboxylic acids is 1. The zero-order valence-corrected chi connectivity index (χ0v) is 11.0. The van der Waals surface area contributed by atoms with Gasteiger partial charge < -0.3 is 14.8 Å². The summed E-state index contributed by atoms with van der Waals surface area (Å²) >= 11 is 0.